The molecule has 1 aromatic carbocycles. The molecule has 18 heavy (non-hydrogen) atoms. The summed E-state index contributed by atoms with van der Waals surface area (Å²) in [5, 5.41) is 3.61. The van der Waals surface area contributed by atoms with E-state index < -0.39 is 0 Å². The van der Waals surface area contributed by atoms with Gasteiger partial charge in [-0.05, 0) is 44.0 Å². The molecule has 0 saturated heterocycles. The summed E-state index contributed by atoms with van der Waals surface area (Å²) in [4.78, 5) is 4.05. The van der Waals surface area contributed by atoms with Crippen LogP contribution < -0.4 is 5.32 Å². The third-order valence-electron chi connectivity index (χ3n) is 3.25. The predicted octanol–water partition coefficient (Wildman–Crippen LogP) is 3.80. The summed E-state index contributed by atoms with van der Waals surface area (Å²) in [6.45, 7) is 6.51. The monoisotopic (exact) mass is 240 g/mol. The van der Waals surface area contributed by atoms with Crippen LogP contribution in [0, 0.1) is 6.92 Å². The lowest BCUT2D eigenvalue weighted by atomic mass is 10.0. The predicted molar refractivity (Wildman–Crippen MR) is 75.4 cm³/mol. The SMILES string of the molecule is Cc1cccc(C(C)N[C@@H](C)c2ccncc2)c1. The molecule has 0 fully saturated rings. The van der Waals surface area contributed by atoms with Crippen molar-refractivity contribution in [3.63, 3.8) is 0 Å². The summed E-state index contributed by atoms with van der Waals surface area (Å²) < 4.78 is 0. The molecule has 0 saturated carbocycles. The summed E-state index contributed by atoms with van der Waals surface area (Å²) in [5.41, 5.74) is 3.90. The first-order valence-electron chi connectivity index (χ1n) is 6.39. The van der Waals surface area contributed by atoms with Gasteiger partial charge in [0.05, 0.1) is 0 Å². The Bertz CT molecular complexity index is 493. The van der Waals surface area contributed by atoms with Crippen LogP contribution in [0.5, 0.6) is 0 Å². The van der Waals surface area contributed by atoms with E-state index in [1.807, 2.05) is 12.4 Å². The third kappa shape index (κ3) is 3.17. The van der Waals surface area contributed by atoms with Gasteiger partial charge in [0.15, 0.2) is 0 Å². The first-order valence-corrected chi connectivity index (χ1v) is 6.39. The Morgan fingerprint density at radius 1 is 0.944 bits per heavy atom. The van der Waals surface area contributed by atoms with Gasteiger partial charge in [-0.3, -0.25) is 4.98 Å². The number of rotatable bonds is 4. The Kier molecular flexibility index (Phi) is 4.11. The third-order valence-corrected chi connectivity index (χ3v) is 3.25. The van der Waals surface area contributed by atoms with Gasteiger partial charge in [-0.15, -0.1) is 0 Å². The lowest BCUT2D eigenvalue weighted by Gasteiger charge is -2.21. The molecule has 2 heteroatoms. The van der Waals surface area contributed by atoms with Crippen LogP contribution in [0.2, 0.25) is 0 Å². The molecule has 0 bridgehead atoms. The van der Waals surface area contributed by atoms with Crippen molar-refractivity contribution in [1.82, 2.24) is 10.3 Å². The highest BCUT2D eigenvalue weighted by Gasteiger charge is 2.10. The normalized spacial score (nSPS) is 14.2. The van der Waals surface area contributed by atoms with Gasteiger partial charge in [0.25, 0.3) is 0 Å². The molecule has 1 aromatic heterocycles. The lowest BCUT2D eigenvalue weighted by molar-refractivity contribution is 0.494. The molecule has 1 N–H and O–H groups in total. The zero-order valence-corrected chi connectivity index (χ0v) is 11.2. The van der Waals surface area contributed by atoms with Crippen molar-refractivity contribution in [3.8, 4) is 0 Å². The Morgan fingerprint density at radius 3 is 2.28 bits per heavy atom. The molecule has 0 spiro atoms. The molecule has 1 heterocycles. The van der Waals surface area contributed by atoms with Crippen LogP contribution in [-0.4, -0.2) is 4.98 Å². The van der Waals surface area contributed by atoms with Crippen LogP contribution in [-0.2, 0) is 0 Å². The molecular formula is C16H20N2. The average molecular weight is 240 g/mol. The second kappa shape index (κ2) is 5.78. The fourth-order valence-corrected chi connectivity index (χ4v) is 2.16. The lowest BCUT2D eigenvalue weighted by Crippen LogP contribution is -2.22. The van der Waals surface area contributed by atoms with Crippen molar-refractivity contribution in [2.75, 3.05) is 0 Å². The van der Waals surface area contributed by atoms with Gasteiger partial charge >= 0.3 is 0 Å². The van der Waals surface area contributed by atoms with E-state index in [0.29, 0.717) is 12.1 Å². The largest absolute Gasteiger partial charge is 0.304 e. The number of pyridine rings is 1. The van der Waals surface area contributed by atoms with Crippen LogP contribution in [0.3, 0.4) is 0 Å². The van der Waals surface area contributed by atoms with Gasteiger partial charge < -0.3 is 5.32 Å². The smallest absolute Gasteiger partial charge is 0.0298 e. The van der Waals surface area contributed by atoms with E-state index in [4.69, 9.17) is 0 Å². The minimum absolute atomic E-state index is 0.323. The number of aromatic nitrogens is 1. The molecule has 2 rings (SSSR count). The van der Waals surface area contributed by atoms with Gasteiger partial charge in [0.2, 0.25) is 0 Å². The van der Waals surface area contributed by atoms with Crippen LogP contribution in [0.4, 0.5) is 0 Å². The summed E-state index contributed by atoms with van der Waals surface area (Å²) in [6, 6.07) is 13.4. The fourth-order valence-electron chi connectivity index (χ4n) is 2.16. The maximum atomic E-state index is 4.05. The van der Waals surface area contributed by atoms with E-state index in [1.165, 1.54) is 16.7 Å². The topological polar surface area (TPSA) is 24.9 Å². The summed E-state index contributed by atoms with van der Waals surface area (Å²) >= 11 is 0. The molecular weight excluding hydrogens is 220 g/mol. The van der Waals surface area contributed by atoms with Crippen molar-refractivity contribution in [3.05, 3.63) is 65.5 Å². The van der Waals surface area contributed by atoms with Crippen LogP contribution in [0.25, 0.3) is 0 Å². The van der Waals surface area contributed by atoms with Crippen LogP contribution in [0.1, 0.15) is 42.6 Å². The molecule has 0 amide bonds. The summed E-state index contributed by atoms with van der Waals surface area (Å²) in [5.74, 6) is 0. The zero-order chi connectivity index (χ0) is 13.0. The van der Waals surface area contributed by atoms with E-state index in [9.17, 15) is 0 Å². The highest BCUT2D eigenvalue weighted by atomic mass is 14.9. The van der Waals surface area contributed by atoms with E-state index in [-0.39, 0.29) is 0 Å². The van der Waals surface area contributed by atoms with Crippen molar-refractivity contribution < 1.29 is 0 Å². The van der Waals surface area contributed by atoms with Crippen LogP contribution in [0.15, 0.2) is 48.8 Å². The molecule has 0 radical (unpaired) electrons. The number of benzene rings is 1. The second-order valence-electron chi connectivity index (χ2n) is 4.80. The van der Waals surface area contributed by atoms with Gasteiger partial charge in [0, 0.05) is 24.5 Å². The Morgan fingerprint density at radius 2 is 1.61 bits per heavy atom. The van der Waals surface area contributed by atoms with Crippen molar-refractivity contribution in [2.24, 2.45) is 0 Å². The highest BCUT2D eigenvalue weighted by Crippen LogP contribution is 2.19. The molecule has 94 valence electrons. The number of nitrogens with zero attached hydrogens (tertiary/aromatic N) is 1. The minimum Gasteiger partial charge on any atom is -0.304 e. The van der Waals surface area contributed by atoms with Crippen molar-refractivity contribution in [1.29, 1.82) is 0 Å². The van der Waals surface area contributed by atoms with E-state index in [1.54, 1.807) is 0 Å². The minimum atomic E-state index is 0.323. The Labute approximate surface area is 109 Å². The Balaban J connectivity index is 2.05. The van der Waals surface area contributed by atoms with Crippen LogP contribution >= 0.6 is 0 Å². The van der Waals surface area contributed by atoms with Crippen molar-refractivity contribution in [2.45, 2.75) is 32.9 Å². The first-order chi connectivity index (χ1) is 8.66. The van der Waals surface area contributed by atoms with Gasteiger partial charge in [-0.25, -0.2) is 0 Å². The van der Waals surface area contributed by atoms with Gasteiger partial charge in [-0.2, -0.15) is 0 Å². The molecule has 0 aliphatic heterocycles. The second-order valence-corrected chi connectivity index (χ2v) is 4.80. The number of hydrogen-bond donors (Lipinski definition) is 1. The van der Waals surface area contributed by atoms with E-state index in [2.05, 4.69) is 67.5 Å². The fraction of sp³-hybridized carbons (Fsp3) is 0.312. The number of hydrogen-bond acceptors (Lipinski definition) is 2. The zero-order valence-electron chi connectivity index (χ0n) is 11.2. The molecule has 2 nitrogen and oxygen atoms in total. The van der Waals surface area contributed by atoms with Gasteiger partial charge in [-0.1, -0.05) is 29.8 Å². The molecule has 0 aliphatic rings. The standard InChI is InChI=1S/C16H20N2/c1-12-5-4-6-16(11-12)14(3)18-13(2)15-7-9-17-10-8-15/h4-11,13-14,18H,1-3H3/t13-,14?/m0/s1. The molecule has 1 unspecified atom stereocenters. The van der Waals surface area contributed by atoms with E-state index in [0.717, 1.165) is 0 Å². The summed E-state index contributed by atoms with van der Waals surface area (Å²) in [7, 11) is 0. The Hall–Kier alpha value is -1.67. The average Bonchev–Trinajstić information content (AvgIpc) is 2.39. The van der Waals surface area contributed by atoms with Gasteiger partial charge in [0.1, 0.15) is 0 Å². The molecule has 2 aromatic rings. The maximum absolute atomic E-state index is 4.05. The molecule has 2 atom stereocenters. The highest BCUT2D eigenvalue weighted by molar-refractivity contribution is 5.25. The maximum Gasteiger partial charge on any atom is 0.0298 e. The van der Waals surface area contributed by atoms with Crippen molar-refractivity contribution >= 4 is 0 Å². The first kappa shape index (κ1) is 12.8. The number of aryl methyl sites for hydroxylation is 1. The van der Waals surface area contributed by atoms with E-state index >= 15 is 0 Å². The number of nitrogens with one attached hydrogen (secondary N) is 1. The summed E-state index contributed by atoms with van der Waals surface area (Å²) in [6.07, 6.45) is 3.68. The molecule has 0 aliphatic carbocycles. The quantitative estimate of drug-likeness (QED) is 0.879.